The van der Waals surface area contributed by atoms with Crippen LogP contribution in [0.4, 0.5) is 0 Å². The molecule has 1 aromatic rings. The third kappa shape index (κ3) is 1.28. The van der Waals surface area contributed by atoms with E-state index >= 15 is 0 Å². The van der Waals surface area contributed by atoms with Crippen LogP contribution in [0.15, 0.2) is 24.2 Å². The molecule has 4 heteroatoms. The molecule has 0 saturated carbocycles. The van der Waals surface area contributed by atoms with E-state index in [-0.39, 0.29) is 29.8 Å². The zero-order valence-corrected chi connectivity index (χ0v) is 11.8. The molecule has 4 nitrogen and oxygen atoms in total. The van der Waals surface area contributed by atoms with Crippen molar-refractivity contribution in [1.29, 1.82) is 1.43 Å². The Hall–Kier alpha value is -1.52. The van der Waals surface area contributed by atoms with Crippen LogP contribution in [-0.4, -0.2) is 50.3 Å². The monoisotopic (exact) mass is 310 g/mol. The molecule has 1 fully saturated rings. The first-order valence-corrected chi connectivity index (χ1v) is 7.13. The van der Waals surface area contributed by atoms with Gasteiger partial charge in [-0.1, -0.05) is 18.2 Å². The first kappa shape index (κ1) is 6.17. The minimum Gasteiger partial charge on any atom is -0.493 e. The molecule has 5 rings (SSSR count). The summed E-state index contributed by atoms with van der Waals surface area (Å²) in [7, 11) is -1.53. The zero-order chi connectivity index (χ0) is 24.6. The lowest BCUT2D eigenvalue weighted by atomic mass is 9.53. The van der Waals surface area contributed by atoms with Gasteiger partial charge in [-0.05, 0) is 38.0 Å². The van der Waals surface area contributed by atoms with E-state index in [0.29, 0.717) is 0 Å². The van der Waals surface area contributed by atoms with Crippen LogP contribution in [0.2, 0.25) is 0 Å². The van der Waals surface area contributed by atoms with E-state index in [1.807, 2.05) is 0 Å². The van der Waals surface area contributed by atoms with Crippen molar-refractivity contribution >= 4 is 0 Å². The topological polar surface area (TPSA) is 41.9 Å². The third-order valence-electron chi connectivity index (χ3n) is 5.09. The summed E-state index contributed by atoms with van der Waals surface area (Å²) < 4.78 is 103. The van der Waals surface area contributed by atoms with E-state index in [1.54, 1.807) is 0 Å². The highest BCUT2D eigenvalue weighted by molar-refractivity contribution is 5.62. The summed E-state index contributed by atoms with van der Waals surface area (Å²) in [5.74, 6) is -3.04. The lowest BCUT2D eigenvalue weighted by molar-refractivity contribution is -0.0453. The summed E-state index contributed by atoms with van der Waals surface area (Å²) in [6, 6.07) is -3.72. The predicted octanol–water partition coefficient (Wildman–Crippen LogP) is 1.50. The highest BCUT2D eigenvalue weighted by Crippen LogP contribution is 2.62. The largest absolute Gasteiger partial charge is 0.493 e. The number of nitrogens with zero attached hydrogens (tertiary/aromatic N) is 1. The summed E-state index contributed by atoms with van der Waals surface area (Å²) in [5.41, 5.74) is -2.05. The number of likely N-dealkylation sites (tertiary alicyclic amines) is 1. The Bertz CT molecular complexity index is 1110. The van der Waals surface area contributed by atoms with E-state index in [0.717, 1.165) is 6.08 Å². The van der Waals surface area contributed by atoms with Crippen molar-refractivity contribution in [2.45, 2.75) is 36.4 Å². The zero-order valence-electron chi connectivity index (χ0n) is 22.8. The fourth-order valence-corrected chi connectivity index (χ4v) is 4.12. The van der Waals surface area contributed by atoms with Crippen LogP contribution in [-0.2, 0) is 11.8 Å². The van der Waals surface area contributed by atoms with E-state index in [2.05, 4.69) is 5.11 Å². The van der Waals surface area contributed by atoms with Crippen molar-refractivity contribution in [2.24, 2.45) is 5.89 Å². The number of piperidine rings is 1. The molecular weight excluding hydrogens is 278 g/mol. The average Bonchev–Trinajstić information content (AvgIpc) is 3.06. The lowest BCUT2D eigenvalue weighted by Gasteiger charge is -2.56. The molecule has 2 bridgehead atoms. The maximum absolute atomic E-state index is 9.49. The Labute approximate surface area is 145 Å². The van der Waals surface area contributed by atoms with E-state index in [9.17, 15) is 2.74 Å². The number of benzene rings is 1. The van der Waals surface area contributed by atoms with Crippen LogP contribution in [0.25, 0.3) is 0 Å². The Kier molecular flexibility index (Phi) is 1.14. The summed E-state index contributed by atoms with van der Waals surface area (Å²) in [4.78, 5) is 1.38. The van der Waals surface area contributed by atoms with Gasteiger partial charge in [-0.3, -0.25) is 0 Å². The standard InChI is InChI=1S/C18H21NO3/c1-19-8-7-18-11-4-5-13(20)17(18)22-16-14(21-2)6-3-10(15(16)18)9-12(11)19/h3-6,11-13,17,20H,7-9H2,1-2H3/t11-,12+,13?,17?,18-/m0/s1/i2D3,3D,6D,9D2,11D,12D,13D,20D. The summed E-state index contributed by atoms with van der Waals surface area (Å²) in [5, 5.41) is 4.69. The van der Waals surface area contributed by atoms with E-state index in [4.69, 9.17) is 21.9 Å². The van der Waals surface area contributed by atoms with Crippen molar-refractivity contribution in [3.63, 3.8) is 0 Å². The molecule has 2 heterocycles. The molecule has 0 amide bonds. The third-order valence-corrected chi connectivity index (χ3v) is 5.09. The van der Waals surface area contributed by atoms with Gasteiger partial charge in [0, 0.05) is 28.4 Å². The second-order valence-electron chi connectivity index (χ2n) is 6.02. The van der Waals surface area contributed by atoms with Crippen LogP contribution in [0.1, 0.15) is 31.3 Å². The highest BCUT2D eigenvalue weighted by atomic mass is 16.5. The minimum absolute atomic E-state index is 0.0539. The van der Waals surface area contributed by atoms with E-state index in [1.165, 1.54) is 18.0 Å². The van der Waals surface area contributed by atoms with Gasteiger partial charge in [0.2, 0.25) is 1.43 Å². The maximum Gasteiger partial charge on any atom is 0.211 e. The molecule has 2 aliphatic carbocycles. The predicted molar refractivity (Wildman–Crippen MR) is 82.5 cm³/mol. The van der Waals surface area contributed by atoms with Crippen LogP contribution >= 0.6 is 0 Å². The number of aliphatic hydroxyl groups is 1. The van der Waals surface area contributed by atoms with Crippen molar-refractivity contribution in [3.05, 3.63) is 35.4 Å². The summed E-state index contributed by atoms with van der Waals surface area (Å²) in [6.07, 6.45) is -3.95. The van der Waals surface area contributed by atoms with Crippen LogP contribution in [0, 0.1) is 5.89 Å². The SMILES string of the molecule is [2H]OC1([2H])C=C[C@]2([2H])[C@@]34CCN(C)[C@]2([2H])C([2H])([2H])c2c([2H])c([2H])c(OC([2H])([2H])[2H])c(c23)OC14. The Balaban J connectivity index is 1.98. The van der Waals surface area contributed by atoms with Crippen molar-refractivity contribution < 1.29 is 28.3 Å². The van der Waals surface area contributed by atoms with Crippen LogP contribution < -0.4 is 9.47 Å². The van der Waals surface area contributed by atoms with E-state index < -0.39 is 60.8 Å². The van der Waals surface area contributed by atoms with Gasteiger partial charge in [0.05, 0.1) is 15.3 Å². The Morgan fingerprint density at radius 2 is 2.59 bits per heavy atom. The number of likely N-dealkylation sites (N-methyl/N-ethyl adjacent to an activating group) is 1. The molecule has 116 valence electrons. The van der Waals surface area contributed by atoms with Gasteiger partial charge in [-0.25, -0.2) is 0 Å². The fourth-order valence-electron chi connectivity index (χ4n) is 4.12. The summed E-state index contributed by atoms with van der Waals surface area (Å²) >= 11 is 0. The second kappa shape index (κ2) is 4.06. The number of rotatable bonds is 2. The van der Waals surface area contributed by atoms with Gasteiger partial charge >= 0.3 is 0 Å². The second-order valence-corrected chi connectivity index (χ2v) is 6.02. The lowest BCUT2D eigenvalue weighted by Crippen LogP contribution is -2.64. The van der Waals surface area contributed by atoms with Gasteiger partial charge in [0.15, 0.2) is 11.5 Å². The first-order valence-electron chi connectivity index (χ1n) is 12.5. The van der Waals surface area contributed by atoms with Crippen molar-refractivity contribution in [2.75, 3.05) is 20.6 Å². The molecular formula is C18H21NO3. The minimum atomic E-state index is -3.03. The van der Waals surface area contributed by atoms with Gasteiger partial charge in [-0.15, -0.1) is 0 Å². The van der Waals surface area contributed by atoms with Crippen molar-refractivity contribution in [1.82, 2.24) is 4.90 Å². The molecule has 4 aliphatic rings. The quantitative estimate of drug-likeness (QED) is 0.841. The van der Waals surface area contributed by atoms with Gasteiger partial charge in [0.1, 0.15) is 12.2 Å². The van der Waals surface area contributed by atoms with Gasteiger partial charge < -0.3 is 19.5 Å². The molecule has 1 N–H and O–H groups in total. The van der Waals surface area contributed by atoms with Crippen LogP contribution in [0.3, 0.4) is 0 Å². The molecule has 1 spiro atoms. The Morgan fingerprint density at radius 3 is 3.45 bits per heavy atom. The average molecular weight is 310 g/mol. The molecule has 0 aromatic heterocycles. The maximum atomic E-state index is 9.49. The molecule has 2 unspecified atom stereocenters. The number of methoxy groups -OCH3 is 1. The number of hydrogen-bond acceptors (Lipinski definition) is 4. The molecule has 1 aromatic carbocycles. The molecule has 22 heavy (non-hydrogen) atoms. The normalized spacial score (nSPS) is 61.1. The first-order chi connectivity index (χ1) is 15.0. The smallest absolute Gasteiger partial charge is 0.211 e. The Morgan fingerprint density at radius 1 is 1.64 bits per heavy atom. The highest BCUT2D eigenvalue weighted by Gasteiger charge is 2.64. The van der Waals surface area contributed by atoms with Gasteiger partial charge in [-0.2, -0.15) is 0 Å². The summed E-state index contributed by atoms with van der Waals surface area (Å²) in [6.45, 7) is 0.121. The molecule has 2 aliphatic heterocycles. The number of hydrogen-bond donors (Lipinski definition) is 1. The fraction of sp³-hybridized carbons (Fsp3) is 0.556. The van der Waals surface area contributed by atoms with Crippen LogP contribution in [0.5, 0.6) is 11.5 Å². The van der Waals surface area contributed by atoms with Crippen molar-refractivity contribution in [3.8, 4) is 11.5 Å². The van der Waals surface area contributed by atoms with Gasteiger partial charge in [0.25, 0.3) is 0 Å². The molecule has 0 radical (unpaired) electrons. The number of ether oxygens (including phenoxy) is 2. The molecule has 5 atom stereocenters. The molecule has 1 saturated heterocycles.